The second-order valence-corrected chi connectivity index (χ2v) is 6.74. The SMILES string of the molecule is O=C(OCC1CCOCC1)c1cnc(Nc2cccc(Cl)c2F)nc1C(F)(F)F. The second-order valence-electron chi connectivity index (χ2n) is 6.33. The molecule has 0 atom stereocenters. The summed E-state index contributed by atoms with van der Waals surface area (Å²) in [5, 5.41) is 2.10. The molecule has 1 fully saturated rings. The molecule has 1 saturated heterocycles. The van der Waals surface area contributed by atoms with Gasteiger partial charge >= 0.3 is 12.1 Å². The van der Waals surface area contributed by atoms with Crippen LogP contribution in [0.25, 0.3) is 0 Å². The number of benzene rings is 1. The Bertz CT molecular complexity index is 889. The van der Waals surface area contributed by atoms with Gasteiger partial charge in [-0.3, -0.25) is 0 Å². The van der Waals surface area contributed by atoms with Gasteiger partial charge < -0.3 is 14.8 Å². The van der Waals surface area contributed by atoms with Crippen LogP contribution in [0.2, 0.25) is 5.02 Å². The third kappa shape index (κ3) is 5.33. The Balaban J connectivity index is 1.80. The number of aromatic nitrogens is 2. The standard InChI is InChI=1S/C18H16ClF4N3O3/c19-12-2-1-3-13(14(12)20)25-17-24-8-11(15(26-17)18(21,22)23)16(27)29-9-10-4-6-28-7-5-10/h1-3,8,10H,4-7,9H2,(H,24,25,26). The minimum absolute atomic E-state index is 0.0206. The van der Waals surface area contributed by atoms with E-state index in [4.69, 9.17) is 21.1 Å². The van der Waals surface area contributed by atoms with Crippen LogP contribution in [0.15, 0.2) is 24.4 Å². The maximum atomic E-state index is 14.0. The van der Waals surface area contributed by atoms with Crippen molar-refractivity contribution in [1.29, 1.82) is 0 Å². The first kappa shape index (κ1) is 21.3. The Kier molecular flexibility index (Phi) is 6.53. The normalized spacial score (nSPS) is 15.2. The number of carbonyl (C=O) groups excluding carboxylic acids is 1. The van der Waals surface area contributed by atoms with Crippen molar-refractivity contribution >= 4 is 29.2 Å². The van der Waals surface area contributed by atoms with Crippen molar-refractivity contribution in [3.63, 3.8) is 0 Å². The molecule has 2 heterocycles. The van der Waals surface area contributed by atoms with Crippen LogP contribution in [0.3, 0.4) is 0 Å². The van der Waals surface area contributed by atoms with Crippen molar-refractivity contribution in [3.05, 3.63) is 46.5 Å². The molecular formula is C18H16ClF4N3O3. The lowest BCUT2D eigenvalue weighted by Gasteiger charge is -2.21. The molecule has 0 radical (unpaired) electrons. The molecule has 0 saturated carbocycles. The summed E-state index contributed by atoms with van der Waals surface area (Å²) in [5.41, 5.74) is -2.50. The van der Waals surface area contributed by atoms with E-state index in [9.17, 15) is 22.4 Å². The largest absolute Gasteiger partial charge is 0.462 e. The van der Waals surface area contributed by atoms with Crippen LogP contribution in [-0.4, -0.2) is 35.8 Å². The van der Waals surface area contributed by atoms with Gasteiger partial charge in [0.15, 0.2) is 11.5 Å². The predicted octanol–water partition coefficient (Wildman–Crippen LogP) is 4.61. The number of carbonyl (C=O) groups is 1. The molecule has 6 nitrogen and oxygen atoms in total. The number of ether oxygens (including phenoxy) is 2. The van der Waals surface area contributed by atoms with Crippen LogP contribution in [0.4, 0.5) is 29.2 Å². The number of nitrogens with one attached hydrogen (secondary N) is 1. The maximum Gasteiger partial charge on any atom is 0.434 e. The van der Waals surface area contributed by atoms with Crippen LogP contribution < -0.4 is 5.32 Å². The zero-order valence-electron chi connectivity index (χ0n) is 14.9. The molecule has 0 spiro atoms. The second kappa shape index (κ2) is 8.91. The summed E-state index contributed by atoms with van der Waals surface area (Å²) in [6.07, 6.45) is -2.93. The molecule has 1 aliphatic heterocycles. The topological polar surface area (TPSA) is 73.3 Å². The molecule has 1 aromatic carbocycles. The van der Waals surface area contributed by atoms with E-state index in [1.165, 1.54) is 18.2 Å². The van der Waals surface area contributed by atoms with E-state index in [1.54, 1.807) is 0 Å². The predicted molar refractivity (Wildman–Crippen MR) is 95.6 cm³/mol. The monoisotopic (exact) mass is 433 g/mol. The number of rotatable bonds is 5. The van der Waals surface area contributed by atoms with Crippen molar-refractivity contribution in [2.24, 2.45) is 5.92 Å². The van der Waals surface area contributed by atoms with Crippen molar-refractivity contribution < 1.29 is 31.8 Å². The van der Waals surface area contributed by atoms with Gasteiger partial charge in [-0.15, -0.1) is 0 Å². The molecule has 1 N–H and O–H groups in total. The number of hydrogen-bond acceptors (Lipinski definition) is 6. The first-order valence-electron chi connectivity index (χ1n) is 8.66. The van der Waals surface area contributed by atoms with Crippen LogP contribution in [0, 0.1) is 11.7 Å². The molecule has 0 aliphatic carbocycles. The zero-order chi connectivity index (χ0) is 21.0. The first-order valence-corrected chi connectivity index (χ1v) is 9.03. The van der Waals surface area contributed by atoms with E-state index in [0.717, 1.165) is 0 Å². The number of hydrogen-bond donors (Lipinski definition) is 1. The molecule has 11 heteroatoms. The molecular weight excluding hydrogens is 418 g/mol. The molecule has 156 valence electrons. The zero-order valence-corrected chi connectivity index (χ0v) is 15.7. The minimum atomic E-state index is -4.95. The summed E-state index contributed by atoms with van der Waals surface area (Å²) in [4.78, 5) is 19.2. The van der Waals surface area contributed by atoms with E-state index >= 15 is 0 Å². The fraction of sp³-hybridized carbons (Fsp3) is 0.389. The molecule has 0 bridgehead atoms. The van der Waals surface area contributed by atoms with Crippen LogP contribution in [-0.2, 0) is 15.7 Å². The summed E-state index contributed by atoms with van der Waals surface area (Å²) < 4.78 is 64.4. The highest BCUT2D eigenvalue weighted by Crippen LogP contribution is 2.32. The van der Waals surface area contributed by atoms with Crippen LogP contribution >= 0.6 is 11.6 Å². The van der Waals surface area contributed by atoms with Crippen LogP contribution in [0.1, 0.15) is 28.9 Å². The van der Waals surface area contributed by atoms with E-state index < -0.39 is 35.2 Å². The van der Waals surface area contributed by atoms with E-state index in [0.29, 0.717) is 32.3 Å². The third-order valence-corrected chi connectivity index (χ3v) is 4.56. The first-order chi connectivity index (χ1) is 13.8. The molecule has 0 amide bonds. The number of nitrogens with zero attached hydrogens (tertiary/aromatic N) is 2. The molecule has 3 rings (SSSR count). The van der Waals surface area contributed by atoms with Crippen molar-refractivity contribution in [1.82, 2.24) is 9.97 Å². The summed E-state index contributed by atoms with van der Waals surface area (Å²) in [7, 11) is 0. The van der Waals surface area contributed by atoms with Gasteiger partial charge in [-0.2, -0.15) is 13.2 Å². The molecule has 1 aliphatic rings. The molecule has 1 aromatic heterocycles. The van der Waals surface area contributed by atoms with Crippen molar-refractivity contribution in [2.45, 2.75) is 19.0 Å². The highest BCUT2D eigenvalue weighted by atomic mass is 35.5. The van der Waals surface area contributed by atoms with E-state index in [-0.39, 0.29) is 23.2 Å². The van der Waals surface area contributed by atoms with Crippen molar-refractivity contribution in [2.75, 3.05) is 25.1 Å². The van der Waals surface area contributed by atoms with E-state index in [1.807, 2.05) is 0 Å². The van der Waals surface area contributed by atoms with Crippen molar-refractivity contribution in [3.8, 4) is 0 Å². The highest BCUT2D eigenvalue weighted by molar-refractivity contribution is 6.31. The van der Waals surface area contributed by atoms with Crippen LogP contribution in [0.5, 0.6) is 0 Å². The summed E-state index contributed by atoms with van der Waals surface area (Å²) in [6.45, 7) is 1.01. The van der Waals surface area contributed by atoms with Gasteiger partial charge in [0.05, 0.1) is 17.3 Å². The summed E-state index contributed by atoms with van der Waals surface area (Å²) in [5.74, 6) is -2.57. The maximum absolute atomic E-state index is 14.0. The van der Waals surface area contributed by atoms with Gasteiger partial charge in [-0.05, 0) is 30.9 Å². The minimum Gasteiger partial charge on any atom is -0.462 e. The highest BCUT2D eigenvalue weighted by Gasteiger charge is 2.39. The lowest BCUT2D eigenvalue weighted by atomic mass is 10.0. The summed E-state index contributed by atoms with van der Waals surface area (Å²) in [6, 6.07) is 3.94. The average molecular weight is 434 g/mol. The third-order valence-electron chi connectivity index (χ3n) is 4.27. The van der Waals surface area contributed by atoms with Gasteiger partial charge in [0.1, 0.15) is 5.56 Å². The van der Waals surface area contributed by atoms with Gasteiger partial charge in [-0.1, -0.05) is 17.7 Å². The quantitative estimate of drug-likeness (QED) is 0.548. The Labute approximate surface area is 168 Å². The Morgan fingerprint density at radius 1 is 1.31 bits per heavy atom. The van der Waals surface area contributed by atoms with Gasteiger partial charge in [0.25, 0.3) is 0 Å². The van der Waals surface area contributed by atoms with Gasteiger partial charge in [0.2, 0.25) is 5.95 Å². The Morgan fingerprint density at radius 2 is 2.03 bits per heavy atom. The molecule has 2 aromatic rings. The van der Waals surface area contributed by atoms with E-state index in [2.05, 4.69) is 15.3 Å². The number of esters is 1. The fourth-order valence-corrected chi connectivity index (χ4v) is 2.89. The molecule has 29 heavy (non-hydrogen) atoms. The summed E-state index contributed by atoms with van der Waals surface area (Å²) >= 11 is 5.64. The lowest BCUT2D eigenvalue weighted by Crippen LogP contribution is -2.24. The van der Waals surface area contributed by atoms with Gasteiger partial charge in [0, 0.05) is 19.4 Å². The Hall–Kier alpha value is -2.46. The number of alkyl halides is 3. The smallest absolute Gasteiger partial charge is 0.434 e. The van der Waals surface area contributed by atoms with Gasteiger partial charge in [-0.25, -0.2) is 19.2 Å². The number of halogens is 5. The fourth-order valence-electron chi connectivity index (χ4n) is 2.71. The lowest BCUT2D eigenvalue weighted by molar-refractivity contribution is -0.141. The average Bonchev–Trinajstić information content (AvgIpc) is 2.70. The molecule has 0 unspecified atom stereocenters. The number of anilines is 2. The Morgan fingerprint density at radius 3 is 2.72 bits per heavy atom.